The highest BCUT2D eigenvalue weighted by Crippen LogP contribution is 2.26. The van der Waals surface area contributed by atoms with Gasteiger partial charge in [0.15, 0.2) is 0 Å². The molecule has 118 valence electrons. The minimum Gasteiger partial charge on any atom is -0.508 e. The number of benzene rings is 2. The Hall–Kier alpha value is -3.48. The van der Waals surface area contributed by atoms with Crippen LogP contribution in [-0.2, 0) is 0 Å². The number of rotatable bonds is 3. The number of aromatic hydroxyl groups is 1. The van der Waals surface area contributed by atoms with Crippen LogP contribution in [0.2, 0.25) is 0 Å². The number of phenolic OH excluding ortho intramolecular Hbond substituents is 1. The highest BCUT2D eigenvalue weighted by Gasteiger charge is 2.15. The fourth-order valence-electron chi connectivity index (χ4n) is 2.50. The minimum atomic E-state index is 0.179. The summed E-state index contributed by atoms with van der Waals surface area (Å²) in [6, 6.07) is 14.6. The third-order valence-electron chi connectivity index (χ3n) is 3.54. The lowest BCUT2D eigenvalue weighted by Gasteiger charge is -2.09. The monoisotopic (exact) mass is 318 g/mol. The normalized spacial score (nSPS) is 10.9. The van der Waals surface area contributed by atoms with Crippen molar-refractivity contribution >= 4 is 22.7 Å². The molecular weight excluding hydrogens is 304 g/mol. The first-order valence-corrected chi connectivity index (χ1v) is 7.40. The van der Waals surface area contributed by atoms with E-state index in [9.17, 15) is 5.11 Å². The number of imidazole rings is 1. The maximum absolute atomic E-state index is 9.65. The van der Waals surface area contributed by atoms with Crippen LogP contribution in [0, 0.1) is 6.92 Å². The first-order chi connectivity index (χ1) is 11.7. The molecule has 0 unspecified atom stereocenters. The number of aryl methyl sites for hydroxylation is 1. The van der Waals surface area contributed by atoms with Gasteiger partial charge in [-0.25, -0.2) is 19.5 Å². The lowest BCUT2D eigenvalue weighted by atomic mass is 10.3. The number of phenols is 1. The Bertz CT molecular complexity index is 1030. The van der Waals surface area contributed by atoms with E-state index in [1.54, 1.807) is 18.2 Å². The summed E-state index contributed by atoms with van der Waals surface area (Å²) in [6.07, 6.45) is 1.48. The molecule has 0 aliphatic rings. The van der Waals surface area contributed by atoms with Crippen LogP contribution in [0.15, 0.2) is 54.9 Å². The van der Waals surface area contributed by atoms with Crippen LogP contribution in [0.25, 0.3) is 17.0 Å². The van der Waals surface area contributed by atoms with Crippen LogP contribution >= 0.6 is 0 Å². The first-order valence-electron chi connectivity index (χ1n) is 7.40. The molecule has 24 heavy (non-hydrogen) atoms. The molecule has 7 nitrogen and oxygen atoms in total. The molecule has 2 N–H and O–H groups in total. The second-order valence-corrected chi connectivity index (χ2v) is 5.27. The van der Waals surface area contributed by atoms with Gasteiger partial charge in [0.1, 0.15) is 17.9 Å². The van der Waals surface area contributed by atoms with Crippen molar-refractivity contribution in [3.63, 3.8) is 0 Å². The molecule has 4 rings (SSSR count). The molecule has 0 saturated carbocycles. The first kappa shape index (κ1) is 14.1. The van der Waals surface area contributed by atoms with E-state index in [0.717, 1.165) is 16.7 Å². The predicted molar refractivity (Wildman–Crippen MR) is 90.6 cm³/mol. The number of nitrogens with zero attached hydrogens (tertiary/aromatic N) is 5. The summed E-state index contributed by atoms with van der Waals surface area (Å²) in [5, 5.41) is 12.9. The van der Waals surface area contributed by atoms with E-state index >= 15 is 0 Å². The van der Waals surface area contributed by atoms with Gasteiger partial charge in [0, 0.05) is 11.8 Å². The Morgan fingerprint density at radius 3 is 2.71 bits per heavy atom. The smallest absolute Gasteiger partial charge is 0.240 e. The number of hydrogen-bond donors (Lipinski definition) is 2. The van der Waals surface area contributed by atoms with Crippen molar-refractivity contribution in [2.24, 2.45) is 0 Å². The molecule has 0 aliphatic heterocycles. The van der Waals surface area contributed by atoms with Gasteiger partial charge in [-0.3, -0.25) is 0 Å². The largest absolute Gasteiger partial charge is 0.508 e. The highest BCUT2D eigenvalue weighted by molar-refractivity contribution is 5.81. The summed E-state index contributed by atoms with van der Waals surface area (Å²) in [7, 11) is 0. The van der Waals surface area contributed by atoms with Gasteiger partial charge in [-0.2, -0.15) is 4.98 Å². The van der Waals surface area contributed by atoms with Crippen LogP contribution in [-0.4, -0.2) is 29.6 Å². The lowest BCUT2D eigenvalue weighted by Crippen LogP contribution is -2.07. The molecule has 0 bridgehead atoms. The van der Waals surface area contributed by atoms with Gasteiger partial charge >= 0.3 is 0 Å². The maximum atomic E-state index is 9.65. The summed E-state index contributed by atoms with van der Waals surface area (Å²) in [5.41, 5.74) is 2.42. The molecule has 0 amide bonds. The molecule has 0 atom stereocenters. The van der Waals surface area contributed by atoms with E-state index in [0.29, 0.717) is 17.7 Å². The van der Waals surface area contributed by atoms with Crippen LogP contribution in [0.4, 0.5) is 11.6 Å². The van der Waals surface area contributed by atoms with Gasteiger partial charge in [0.25, 0.3) is 0 Å². The second kappa shape index (κ2) is 5.62. The van der Waals surface area contributed by atoms with Crippen LogP contribution in [0.1, 0.15) is 5.82 Å². The van der Waals surface area contributed by atoms with Gasteiger partial charge in [0.2, 0.25) is 11.9 Å². The number of para-hydroxylation sites is 2. The Morgan fingerprint density at radius 1 is 1.00 bits per heavy atom. The molecule has 0 spiro atoms. The van der Waals surface area contributed by atoms with E-state index < -0.39 is 0 Å². The van der Waals surface area contributed by atoms with Crippen molar-refractivity contribution in [3.8, 4) is 11.7 Å². The Balaban J connectivity index is 1.90. The van der Waals surface area contributed by atoms with Crippen molar-refractivity contribution in [2.75, 3.05) is 5.32 Å². The molecule has 2 aromatic heterocycles. The van der Waals surface area contributed by atoms with E-state index in [1.807, 2.05) is 41.8 Å². The summed E-state index contributed by atoms with van der Waals surface area (Å²) < 4.78 is 1.83. The van der Waals surface area contributed by atoms with Crippen LogP contribution in [0.3, 0.4) is 0 Å². The molecule has 4 aromatic rings. The molecule has 0 radical (unpaired) electrons. The summed E-state index contributed by atoms with van der Waals surface area (Å²) in [5.74, 6) is 1.85. The van der Waals surface area contributed by atoms with Crippen molar-refractivity contribution in [1.82, 2.24) is 24.5 Å². The van der Waals surface area contributed by atoms with E-state index in [4.69, 9.17) is 0 Å². The SMILES string of the molecule is Cc1ncnc(-n2c(Nc3cccc(O)c3)nc3ccccc32)n1. The Labute approximate surface area is 137 Å². The standard InChI is InChI=1S/C17H14N6O/c1-11-18-10-19-16(20-11)23-15-8-3-2-7-14(15)22-17(23)21-12-5-4-6-13(24)9-12/h2-10,24H,1H3,(H,21,22). The zero-order valence-electron chi connectivity index (χ0n) is 12.9. The molecule has 0 fully saturated rings. The van der Waals surface area contributed by atoms with Gasteiger partial charge in [0.05, 0.1) is 11.0 Å². The molecule has 2 heterocycles. The lowest BCUT2D eigenvalue weighted by molar-refractivity contribution is 0.475. The average molecular weight is 318 g/mol. The molecule has 2 aromatic carbocycles. The number of nitrogens with one attached hydrogen (secondary N) is 1. The Morgan fingerprint density at radius 2 is 1.88 bits per heavy atom. The molecule has 0 aliphatic carbocycles. The zero-order valence-corrected chi connectivity index (χ0v) is 12.9. The summed E-state index contributed by atoms with van der Waals surface area (Å²) >= 11 is 0. The number of fused-ring (bicyclic) bond motifs is 1. The van der Waals surface area contributed by atoms with Crippen molar-refractivity contribution in [3.05, 3.63) is 60.7 Å². The quantitative estimate of drug-likeness (QED) is 0.604. The highest BCUT2D eigenvalue weighted by atomic mass is 16.3. The number of hydrogen-bond acceptors (Lipinski definition) is 6. The van der Waals surface area contributed by atoms with E-state index in [1.165, 1.54) is 6.33 Å². The molecule has 7 heteroatoms. The minimum absolute atomic E-state index is 0.179. The van der Waals surface area contributed by atoms with Crippen LogP contribution < -0.4 is 5.32 Å². The Kier molecular flexibility index (Phi) is 3.31. The summed E-state index contributed by atoms with van der Waals surface area (Å²) in [4.78, 5) is 17.3. The van der Waals surface area contributed by atoms with Crippen molar-refractivity contribution < 1.29 is 5.11 Å². The molecular formula is C17H14N6O. The topological polar surface area (TPSA) is 88.8 Å². The second-order valence-electron chi connectivity index (χ2n) is 5.27. The average Bonchev–Trinajstić information content (AvgIpc) is 2.92. The predicted octanol–water partition coefficient (Wildman–Crippen LogP) is 2.97. The van der Waals surface area contributed by atoms with Crippen molar-refractivity contribution in [1.29, 1.82) is 0 Å². The van der Waals surface area contributed by atoms with Gasteiger partial charge in [-0.15, -0.1) is 0 Å². The zero-order chi connectivity index (χ0) is 16.5. The fraction of sp³-hybridized carbons (Fsp3) is 0.0588. The van der Waals surface area contributed by atoms with Gasteiger partial charge < -0.3 is 10.4 Å². The van der Waals surface area contributed by atoms with Gasteiger partial charge in [-0.1, -0.05) is 18.2 Å². The van der Waals surface area contributed by atoms with Crippen molar-refractivity contribution in [2.45, 2.75) is 6.92 Å². The molecule has 0 saturated heterocycles. The van der Waals surface area contributed by atoms with Crippen LogP contribution in [0.5, 0.6) is 5.75 Å². The van der Waals surface area contributed by atoms with Gasteiger partial charge in [-0.05, 0) is 31.2 Å². The summed E-state index contributed by atoms with van der Waals surface area (Å²) in [6.45, 7) is 1.81. The number of aromatic nitrogens is 5. The number of anilines is 2. The maximum Gasteiger partial charge on any atom is 0.240 e. The third-order valence-corrected chi connectivity index (χ3v) is 3.54. The van der Waals surface area contributed by atoms with E-state index in [2.05, 4.69) is 25.3 Å². The fourth-order valence-corrected chi connectivity index (χ4v) is 2.50. The third kappa shape index (κ3) is 2.52. The van der Waals surface area contributed by atoms with E-state index in [-0.39, 0.29) is 5.75 Å².